The van der Waals surface area contributed by atoms with E-state index in [-0.39, 0.29) is 11.8 Å². The first-order valence-electron chi connectivity index (χ1n) is 9.45. The number of hydrogen-bond acceptors (Lipinski definition) is 7. The van der Waals surface area contributed by atoms with E-state index in [1.807, 2.05) is 39.0 Å². The molecule has 2 atom stereocenters. The molecule has 8 nitrogen and oxygen atoms in total. The van der Waals surface area contributed by atoms with E-state index >= 15 is 0 Å². The second kappa shape index (κ2) is 7.73. The van der Waals surface area contributed by atoms with Gasteiger partial charge in [0, 0.05) is 10.6 Å². The van der Waals surface area contributed by atoms with E-state index in [4.69, 9.17) is 16.4 Å². The molecule has 1 saturated heterocycles. The Hall–Kier alpha value is -2.33. The Morgan fingerprint density at radius 1 is 1.07 bits per heavy atom. The molecule has 10 heteroatoms. The van der Waals surface area contributed by atoms with E-state index in [1.54, 1.807) is 41.5 Å². The summed E-state index contributed by atoms with van der Waals surface area (Å²) < 4.78 is 28.7. The maximum absolute atomic E-state index is 13.7. The first-order chi connectivity index (χ1) is 14.2. The SMILES string of the molecule is CC(C)(C)N1OC[C@@H](S(=O)(=O)c2nnnn2-c2ccccc2)[C@@H]1c1ccc(Cl)cc1. The normalized spacial score (nSPS) is 20.5. The van der Waals surface area contributed by atoms with Gasteiger partial charge in [-0.3, -0.25) is 4.84 Å². The molecule has 3 aromatic rings. The molecule has 1 aliphatic rings. The van der Waals surface area contributed by atoms with Crippen LogP contribution in [0.2, 0.25) is 5.02 Å². The largest absolute Gasteiger partial charge is 0.296 e. The van der Waals surface area contributed by atoms with Crippen molar-refractivity contribution < 1.29 is 13.3 Å². The highest BCUT2D eigenvalue weighted by Crippen LogP contribution is 2.41. The Bertz CT molecular complexity index is 1130. The molecule has 2 heterocycles. The van der Waals surface area contributed by atoms with Crippen LogP contribution in [0.3, 0.4) is 0 Å². The topological polar surface area (TPSA) is 90.2 Å². The summed E-state index contributed by atoms with van der Waals surface area (Å²) in [5.41, 5.74) is 0.926. The van der Waals surface area contributed by atoms with Crippen LogP contribution in [0.5, 0.6) is 0 Å². The first kappa shape index (κ1) is 20.9. The maximum atomic E-state index is 13.7. The van der Waals surface area contributed by atoms with E-state index in [0.717, 1.165) is 5.56 Å². The van der Waals surface area contributed by atoms with Gasteiger partial charge in [0.1, 0.15) is 5.25 Å². The lowest BCUT2D eigenvalue weighted by molar-refractivity contribution is -0.189. The molecule has 4 rings (SSSR count). The van der Waals surface area contributed by atoms with Crippen LogP contribution >= 0.6 is 11.6 Å². The molecule has 0 amide bonds. The fourth-order valence-corrected chi connectivity index (χ4v) is 5.36. The minimum Gasteiger partial charge on any atom is -0.296 e. The molecule has 1 aromatic heterocycles. The number of halogens is 1. The second-order valence-electron chi connectivity index (χ2n) is 8.08. The van der Waals surface area contributed by atoms with E-state index in [0.29, 0.717) is 10.7 Å². The Morgan fingerprint density at radius 3 is 2.37 bits per heavy atom. The van der Waals surface area contributed by atoms with Crippen LogP contribution in [0, 0.1) is 0 Å². The van der Waals surface area contributed by atoms with Crippen LogP contribution < -0.4 is 0 Å². The molecular weight excluding hydrogens is 426 g/mol. The summed E-state index contributed by atoms with van der Waals surface area (Å²) in [4.78, 5) is 5.90. The van der Waals surface area contributed by atoms with Crippen molar-refractivity contribution in [3.8, 4) is 5.69 Å². The van der Waals surface area contributed by atoms with Gasteiger partial charge in [0.2, 0.25) is 9.84 Å². The van der Waals surface area contributed by atoms with Crippen molar-refractivity contribution in [2.24, 2.45) is 0 Å². The van der Waals surface area contributed by atoms with E-state index < -0.39 is 26.7 Å². The Balaban J connectivity index is 1.80. The summed E-state index contributed by atoms with van der Waals surface area (Å²) in [5, 5.41) is 12.6. The van der Waals surface area contributed by atoms with E-state index in [9.17, 15) is 8.42 Å². The third kappa shape index (κ3) is 3.74. The van der Waals surface area contributed by atoms with Crippen molar-refractivity contribution in [3.05, 3.63) is 65.2 Å². The maximum Gasteiger partial charge on any atom is 0.272 e. The molecule has 1 aliphatic heterocycles. The lowest BCUT2D eigenvalue weighted by atomic mass is 9.99. The average molecular weight is 448 g/mol. The lowest BCUT2D eigenvalue weighted by Gasteiger charge is -2.36. The Labute approximate surface area is 180 Å². The number of rotatable bonds is 4. The van der Waals surface area contributed by atoms with Crippen LogP contribution in [0.4, 0.5) is 0 Å². The lowest BCUT2D eigenvalue weighted by Crippen LogP contribution is -2.42. The predicted molar refractivity (Wildman–Crippen MR) is 112 cm³/mol. The highest BCUT2D eigenvalue weighted by atomic mass is 35.5. The number of para-hydroxylation sites is 1. The van der Waals surface area contributed by atoms with Gasteiger partial charge < -0.3 is 0 Å². The van der Waals surface area contributed by atoms with Crippen molar-refractivity contribution in [1.82, 2.24) is 25.3 Å². The summed E-state index contributed by atoms with van der Waals surface area (Å²) in [6, 6.07) is 15.5. The molecule has 158 valence electrons. The quantitative estimate of drug-likeness (QED) is 0.606. The highest BCUT2D eigenvalue weighted by molar-refractivity contribution is 7.92. The number of sulfone groups is 1. The fraction of sp³-hybridized carbons (Fsp3) is 0.350. The predicted octanol–water partition coefficient (Wildman–Crippen LogP) is 3.25. The van der Waals surface area contributed by atoms with Crippen LogP contribution in [-0.4, -0.2) is 51.1 Å². The molecule has 1 fully saturated rings. The Kier molecular flexibility index (Phi) is 5.39. The van der Waals surface area contributed by atoms with Crippen LogP contribution in [0.1, 0.15) is 32.4 Å². The van der Waals surface area contributed by atoms with Crippen molar-refractivity contribution in [3.63, 3.8) is 0 Å². The van der Waals surface area contributed by atoms with E-state index in [1.165, 1.54) is 4.68 Å². The number of aromatic nitrogens is 4. The summed E-state index contributed by atoms with van der Waals surface area (Å²) in [6.07, 6.45) is 0. The molecule has 0 saturated carbocycles. The summed E-state index contributed by atoms with van der Waals surface area (Å²) in [6.45, 7) is 5.91. The summed E-state index contributed by atoms with van der Waals surface area (Å²) in [5.74, 6) is 0. The minimum atomic E-state index is -3.95. The molecule has 2 aromatic carbocycles. The molecule has 0 radical (unpaired) electrons. The monoisotopic (exact) mass is 447 g/mol. The van der Waals surface area contributed by atoms with Crippen molar-refractivity contribution in [1.29, 1.82) is 0 Å². The van der Waals surface area contributed by atoms with Crippen molar-refractivity contribution in [2.45, 2.75) is 42.8 Å². The van der Waals surface area contributed by atoms with Crippen LogP contribution in [0.25, 0.3) is 5.69 Å². The number of benzene rings is 2. The molecule has 0 bridgehead atoms. The van der Waals surface area contributed by atoms with Gasteiger partial charge >= 0.3 is 0 Å². The summed E-state index contributed by atoms with van der Waals surface area (Å²) >= 11 is 6.05. The van der Waals surface area contributed by atoms with Gasteiger partial charge in [-0.15, -0.1) is 0 Å². The zero-order chi connectivity index (χ0) is 21.5. The molecule has 30 heavy (non-hydrogen) atoms. The van der Waals surface area contributed by atoms with Crippen molar-refractivity contribution >= 4 is 21.4 Å². The number of nitrogens with zero attached hydrogens (tertiary/aromatic N) is 5. The second-order valence-corrected chi connectivity index (χ2v) is 10.6. The number of tetrazole rings is 1. The van der Waals surface area contributed by atoms with Gasteiger partial charge in [-0.05, 0) is 61.0 Å². The summed E-state index contributed by atoms with van der Waals surface area (Å²) in [7, 11) is -3.95. The zero-order valence-electron chi connectivity index (χ0n) is 16.8. The number of hydrogen-bond donors (Lipinski definition) is 0. The van der Waals surface area contributed by atoms with Gasteiger partial charge in [-0.1, -0.05) is 47.0 Å². The molecule has 0 N–H and O–H groups in total. The fourth-order valence-electron chi connectivity index (χ4n) is 3.58. The number of hydroxylamine groups is 2. The average Bonchev–Trinajstić information content (AvgIpc) is 3.37. The third-order valence-corrected chi connectivity index (χ3v) is 7.16. The minimum absolute atomic E-state index is 0.00541. The first-order valence-corrected chi connectivity index (χ1v) is 11.4. The van der Waals surface area contributed by atoms with Gasteiger partial charge in [0.25, 0.3) is 5.16 Å². The highest BCUT2D eigenvalue weighted by Gasteiger charge is 2.50. The standard InChI is InChI=1S/C20H22ClN5O3S/c1-20(2,3)26-18(14-9-11-15(21)12-10-14)17(13-29-26)30(27,28)19-22-23-24-25(19)16-7-5-4-6-8-16/h4-12,17-18H,13H2,1-3H3/t17-,18+/m1/s1. The third-order valence-electron chi connectivity index (χ3n) is 4.95. The molecule has 0 unspecified atom stereocenters. The molecule has 0 aliphatic carbocycles. The van der Waals surface area contributed by atoms with Crippen LogP contribution in [-0.2, 0) is 14.7 Å². The van der Waals surface area contributed by atoms with Gasteiger partial charge in [0.05, 0.1) is 18.3 Å². The van der Waals surface area contributed by atoms with Gasteiger partial charge in [0.15, 0.2) is 0 Å². The van der Waals surface area contributed by atoms with Crippen molar-refractivity contribution in [2.75, 3.05) is 6.61 Å². The van der Waals surface area contributed by atoms with E-state index in [2.05, 4.69) is 15.5 Å². The molecular formula is C20H22ClN5O3S. The molecule has 0 spiro atoms. The smallest absolute Gasteiger partial charge is 0.272 e. The van der Waals surface area contributed by atoms with Crippen LogP contribution in [0.15, 0.2) is 59.8 Å². The van der Waals surface area contributed by atoms with Gasteiger partial charge in [-0.25, -0.2) is 8.42 Å². The zero-order valence-corrected chi connectivity index (χ0v) is 18.4. The Morgan fingerprint density at radius 2 is 1.73 bits per heavy atom. The van der Waals surface area contributed by atoms with Gasteiger partial charge in [-0.2, -0.15) is 9.75 Å².